The lowest BCUT2D eigenvalue weighted by Gasteiger charge is -2.16. The molecule has 1 aromatic heterocycles. The molecule has 6 heteroatoms. The number of pyridine rings is 1. The molecule has 24 heavy (non-hydrogen) atoms. The summed E-state index contributed by atoms with van der Waals surface area (Å²) in [7, 11) is 1.55. The first-order valence-corrected chi connectivity index (χ1v) is 7.47. The maximum Gasteiger partial charge on any atom is 0.271 e. The SMILES string of the molecule is COc1ccccc1N=Cc1c(C)c(C#N)c(=O)n(C(C)C)c1O. The standard InChI is InChI=1S/C18H19N3O3/c1-11(2)21-17(22)13(9-19)12(3)14(18(21)23)10-20-15-7-5-6-8-16(15)24-4/h5-8,10-11,23H,1-4H3. The van der Waals surface area contributed by atoms with Gasteiger partial charge in [0.15, 0.2) is 0 Å². The van der Waals surface area contributed by atoms with E-state index in [1.165, 1.54) is 10.8 Å². The number of nitriles is 1. The maximum absolute atomic E-state index is 12.3. The number of hydrogen-bond donors (Lipinski definition) is 1. The van der Waals surface area contributed by atoms with Crippen molar-refractivity contribution in [1.82, 2.24) is 4.57 Å². The fourth-order valence-electron chi connectivity index (χ4n) is 2.45. The smallest absolute Gasteiger partial charge is 0.271 e. The van der Waals surface area contributed by atoms with Crippen LogP contribution in [0.15, 0.2) is 34.1 Å². The zero-order chi connectivity index (χ0) is 17.9. The summed E-state index contributed by atoms with van der Waals surface area (Å²) in [4.78, 5) is 16.7. The Morgan fingerprint density at radius 1 is 1.38 bits per heavy atom. The Morgan fingerprint density at radius 3 is 2.62 bits per heavy atom. The van der Waals surface area contributed by atoms with Crippen LogP contribution in [0.5, 0.6) is 11.6 Å². The molecule has 1 N–H and O–H groups in total. The molecular formula is C18H19N3O3. The molecule has 6 nitrogen and oxygen atoms in total. The third-order valence-corrected chi connectivity index (χ3v) is 3.73. The minimum Gasteiger partial charge on any atom is -0.494 e. The molecule has 124 valence electrons. The van der Waals surface area contributed by atoms with Crippen LogP contribution in [-0.2, 0) is 0 Å². The molecule has 0 atom stereocenters. The van der Waals surface area contributed by atoms with Gasteiger partial charge in [-0.3, -0.25) is 14.4 Å². The third-order valence-electron chi connectivity index (χ3n) is 3.73. The predicted molar refractivity (Wildman–Crippen MR) is 92.5 cm³/mol. The molecule has 0 saturated carbocycles. The van der Waals surface area contributed by atoms with Gasteiger partial charge in [0.05, 0.1) is 12.7 Å². The topological polar surface area (TPSA) is 87.6 Å². The lowest BCUT2D eigenvalue weighted by Crippen LogP contribution is -2.26. The number of aliphatic imine (C=N–C) groups is 1. The second kappa shape index (κ2) is 7.01. The fraction of sp³-hybridized carbons (Fsp3) is 0.278. The van der Waals surface area contributed by atoms with Crippen LogP contribution < -0.4 is 10.3 Å². The van der Waals surface area contributed by atoms with E-state index in [0.29, 0.717) is 22.6 Å². The first kappa shape index (κ1) is 17.3. The number of ether oxygens (including phenoxy) is 1. The summed E-state index contributed by atoms with van der Waals surface area (Å²) in [6, 6.07) is 8.81. The van der Waals surface area contributed by atoms with E-state index in [9.17, 15) is 15.2 Å². The van der Waals surface area contributed by atoms with Crippen LogP contribution in [0.25, 0.3) is 0 Å². The normalized spacial score (nSPS) is 11.0. The van der Waals surface area contributed by atoms with Crippen molar-refractivity contribution in [2.45, 2.75) is 26.8 Å². The molecule has 0 unspecified atom stereocenters. The van der Waals surface area contributed by atoms with Gasteiger partial charge in [-0.15, -0.1) is 0 Å². The monoisotopic (exact) mass is 325 g/mol. The predicted octanol–water partition coefficient (Wildman–Crippen LogP) is 3.07. The van der Waals surface area contributed by atoms with Gasteiger partial charge in [-0.1, -0.05) is 12.1 Å². The highest BCUT2D eigenvalue weighted by Gasteiger charge is 2.19. The van der Waals surface area contributed by atoms with E-state index in [1.54, 1.807) is 40.0 Å². The number of hydrogen-bond acceptors (Lipinski definition) is 5. The van der Waals surface area contributed by atoms with Crippen molar-refractivity contribution >= 4 is 11.9 Å². The average Bonchev–Trinajstić information content (AvgIpc) is 2.55. The van der Waals surface area contributed by atoms with E-state index in [2.05, 4.69) is 4.99 Å². The molecule has 0 aliphatic heterocycles. The summed E-state index contributed by atoms with van der Waals surface area (Å²) in [5, 5.41) is 19.8. The van der Waals surface area contributed by atoms with Crippen LogP contribution in [-0.4, -0.2) is 23.0 Å². The van der Waals surface area contributed by atoms with Crippen LogP contribution in [0, 0.1) is 18.3 Å². The Balaban J connectivity index is 2.67. The quantitative estimate of drug-likeness (QED) is 0.875. The van der Waals surface area contributed by atoms with Gasteiger partial charge >= 0.3 is 0 Å². The third kappa shape index (κ3) is 3.01. The van der Waals surface area contributed by atoms with Gasteiger partial charge in [0.25, 0.3) is 5.56 Å². The first-order chi connectivity index (χ1) is 11.4. The summed E-state index contributed by atoms with van der Waals surface area (Å²) in [6.07, 6.45) is 1.45. The number of para-hydroxylation sites is 2. The van der Waals surface area contributed by atoms with Crippen LogP contribution >= 0.6 is 0 Å². The van der Waals surface area contributed by atoms with Gasteiger partial charge in [-0.2, -0.15) is 5.26 Å². The minimum atomic E-state index is -0.503. The Kier molecular flexibility index (Phi) is 5.05. The van der Waals surface area contributed by atoms with Crippen LogP contribution in [0.1, 0.15) is 36.6 Å². The molecule has 2 aromatic rings. The largest absolute Gasteiger partial charge is 0.494 e. The van der Waals surface area contributed by atoms with E-state index in [1.807, 2.05) is 18.2 Å². The lowest BCUT2D eigenvalue weighted by atomic mass is 10.1. The molecule has 2 rings (SSSR count). The van der Waals surface area contributed by atoms with E-state index in [4.69, 9.17) is 4.74 Å². The molecule has 1 aromatic carbocycles. The van der Waals surface area contributed by atoms with Gasteiger partial charge < -0.3 is 9.84 Å². The number of benzene rings is 1. The molecular weight excluding hydrogens is 306 g/mol. The van der Waals surface area contributed by atoms with Crippen LogP contribution in [0.2, 0.25) is 0 Å². The van der Waals surface area contributed by atoms with Crippen molar-refractivity contribution in [1.29, 1.82) is 5.26 Å². The molecule has 0 amide bonds. The van der Waals surface area contributed by atoms with Gasteiger partial charge in [-0.25, -0.2) is 0 Å². The van der Waals surface area contributed by atoms with Crippen LogP contribution in [0.4, 0.5) is 5.69 Å². The van der Waals surface area contributed by atoms with Gasteiger partial charge in [0.1, 0.15) is 23.1 Å². The van der Waals surface area contributed by atoms with E-state index < -0.39 is 5.56 Å². The highest BCUT2D eigenvalue weighted by atomic mass is 16.5. The highest BCUT2D eigenvalue weighted by molar-refractivity contribution is 5.87. The average molecular weight is 325 g/mol. The second-order valence-electron chi connectivity index (χ2n) is 5.55. The molecule has 0 aliphatic carbocycles. The summed E-state index contributed by atoms with van der Waals surface area (Å²) < 4.78 is 6.43. The van der Waals surface area contributed by atoms with Gasteiger partial charge in [-0.05, 0) is 38.5 Å². The molecule has 0 fully saturated rings. The Hall–Kier alpha value is -3.07. The molecule has 0 saturated heterocycles. The minimum absolute atomic E-state index is 0.00276. The van der Waals surface area contributed by atoms with E-state index >= 15 is 0 Å². The number of methoxy groups -OCH3 is 1. The number of aromatic nitrogens is 1. The van der Waals surface area contributed by atoms with Crippen LogP contribution in [0.3, 0.4) is 0 Å². The van der Waals surface area contributed by atoms with Gasteiger partial charge in [0, 0.05) is 12.3 Å². The second-order valence-corrected chi connectivity index (χ2v) is 5.55. The Bertz CT molecular complexity index is 890. The Labute approximate surface area is 140 Å². The molecule has 0 radical (unpaired) electrons. The molecule has 0 spiro atoms. The van der Waals surface area contributed by atoms with E-state index in [-0.39, 0.29) is 17.5 Å². The number of nitrogens with zero attached hydrogens (tertiary/aromatic N) is 3. The molecule has 0 aliphatic rings. The van der Waals surface area contributed by atoms with Crippen molar-refractivity contribution in [3.05, 3.63) is 51.3 Å². The van der Waals surface area contributed by atoms with Crippen molar-refractivity contribution in [3.8, 4) is 17.7 Å². The summed E-state index contributed by atoms with van der Waals surface area (Å²) >= 11 is 0. The van der Waals surface area contributed by atoms with E-state index in [0.717, 1.165) is 0 Å². The van der Waals surface area contributed by atoms with Crippen molar-refractivity contribution < 1.29 is 9.84 Å². The highest BCUT2D eigenvalue weighted by Crippen LogP contribution is 2.28. The molecule has 0 bridgehead atoms. The number of rotatable bonds is 4. The number of aromatic hydroxyl groups is 1. The maximum atomic E-state index is 12.3. The zero-order valence-electron chi connectivity index (χ0n) is 14.1. The fourth-order valence-corrected chi connectivity index (χ4v) is 2.45. The van der Waals surface area contributed by atoms with Crippen molar-refractivity contribution in [2.75, 3.05) is 7.11 Å². The van der Waals surface area contributed by atoms with Crippen molar-refractivity contribution in [3.63, 3.8) is 0 Å². The van der Waals surface area contributed by atoms with Gasteiger partial charge in [0.2, 0.25) is 5.88 Å². The lowest BCUT2D eigenvalue weighted by molar-refractivity contribution is 0.386. The summed E-state index contributed by atoms with van der Waals surface area (Å²) in [6.45, 7) is 5.14. The van der Waals surface area contributed by atoms with Crippen molar-refractivity contribution in [2.24, 2.45) is 4.99 Å². The molecule has 1 heterocycles. The Morgan fingerprint density at radius 2 is 2.04 bits per heavy atom. The zero-order valence-corrected chi connectivity index (χ0v) is 14.1. The summed E-state index contributed by atoms with van der Waals surface area (Å²) in [5.41, 5.74) is 0.820. The summed E-state index contributed by atoms with van der Waals surface area (Å²) in [5.74, 6) is 0.383. The first-order valence-electron chi connectivity index (χ1n) is 7.47.